The zero-order valence-corrected chi connectivity index (χ0v) is 5.24. The third-order valence-corrected chi connectivity index (χ3v) is 1.84. The Balaban J connectivity index is 2.38. The van der Waals surface area contributed by atoms with Crippen molar-refractivity contribution in [3.8, 4) is 0 Å². The van der Waals surface area contributed by atoms with Crippen LogP contribution in [0.15, 0.2) is 0 Å². The summed E-state index contributed by atoms with van der Waals surface area (Å²) < 4.78 is 24.7. The summed E-state index contributed by atoms with van der Waals surface area (Å²) in [4.78, 5) is 0. The van der Waals surface area contributed by atoms with Crippen molar-refractivity contribution in [3.05, 3.63) is 0 Å². The second kappa shape index (κ2) is 2.21. The number of hydrogen-bond acceptors (Lipinski definition) is 1. The monoisotopic (exact) mass is 135 g/mol. The summed E-state index contributed by atoms with van der Waals surface area (Å²) in [6, 6.07) is 0. The zero-order valence-electron chi connectivity index (χ0n) is 5.24. The van der Waals surface area contributed by atoms with Crippen molar-refractivity contribution in [2.24, 2.45) is 11.7 Å². The Labute approximate surface area is 53.2 Å². The fourth-order valence-electron chi connectivity index (χ4n) is 1.24. The Hall–Kier alpha value is -0.180. The molecule has 0 aromatic heterocycles. The van der Waals surface area contributed by atoms with Crippen LogP contribution >= 0.6 is 0 Å². The molecular weight excluding hydrogens is 124 g/mol. The van der Waals surface area contributed by atoms with Crippen molar-refractivity contribution in [3.63, 3.8) is 0 Å². The first kappa shape index (κ1) is 6.93. The second-order valence-corrected chi connectivity index (χ2v) is 2.70. The van der Waals surface area contributed by atoms with Crippen molar-refractivity contribution in [1.82, 2.24) is 0 Å². The van der Waals surface area contributed by atoms with Gasteiger partial charge in [0.25, 0.3) is 0 Å². The van der Waals surface area contributed by atoms with Crippen molar-refractivity contribution < 1.29 is 8.78 Å². The van der Waals surface area contributed by atoms with Crippen LogP contribution in [0.2, 0.25) is 0 Å². The van der Waals surface area contributed by atoms with E-state index in [0.717, 1.165) is 0 Å². The van der Waals surface area contributed by atoms with Gasteiger partial charge in [0.15, 0.2) is 0 Å². The van der Waals surface area contributed by atoms with E-state index < -0.39 is 5.92 Å². The lowest BCUT2D eigenvalue weighted by atomic mass is 10.1. The predicted molar refractivity (Wildman–Crippen MR) is 31.3 cm³/mol. The molecule has 1 aliphatic carbocycles. The first-order valence-corrected chi connectivity index (χ1v) is 3.22. The molecule has 0 aromatic rings. The highest BCUT2D eigenvalue weighted by molar-refractivity contribution is 4.81. The van der Waals surface area contributed by atoms with Crippen LogP contribution < -0.4 is 5.73 Å². The van der Waals surface area contributed by atoms with Crippen molar-refractivity contribution in [2.75, 3.05) is 6.54 Å². The van der Waals surface area contributed by atoms with E-state index in [1.54, 1.807) is 0 Å². The zero-order chi connectivity index (χ0) is 6.91. The summed E-state index contributed by atoms with van der Waals surface area (Å²) >= 11 is 0. The summed E-state index contributed by atoms with van der Waals surface area (Å²) in [5.41, 5.74) is 5.22. The molecule has 1 nitrogen and oxygen atoms in total. The highest BCUT2D eigenvalue weighted by Crippen LogP contribution is 2.37. The van der Waals surface area contributed by atoms with Gasteiger partial charge >= 0.3 is 0 Å². The molecule has 1 fully saturated rings. The van der Waals surface area contributed by atoms with Gasteiger partial charge in [-0.25, -0.2) is 8.78 Å². The van der Waals surface area contributed by atoms with Crippen LogP contribution in [0, 0.1) is 5.92 Å². The van der Waals surface area contributed by atoms with E-state index in [1.807, 2.05) is 0 Å². The number of alkyl halides is 2. The summed E-state index contributed by atoms with van der Waals surface area (Å²) in [7, 11) is 0. The molecule has 9 heavy (non-hydrogen) atoms. The van der Waals surface area contributed by atoms with Gasteiger partial charge in [-0.2, -0.15) is 0 Å². The molecular formula is C6H11F2N. The molecule has 1 saturated carbocycles. The molecule has 0 spiro atoms. The Morgan fingerprint density at radius 2 is 2.22 bits per heavy atom. The lowest BCUT2D eigenvalue weighted by molar-refractivity contribution is 0.00540. The summed E-state index contributed by atoms with van der Waals surface area (Å²) in [6.07, 6.45) is 0.641. The van der Waals surface area contributed by atoms with Crippen LogP contribution in [0.4, 0.5) is 8.78 Å². The van der Waals surface area contributed by atoms with Crippen molar-refractivity contribution in [1.29, 1.82) is 0 Å². The topological polar surface area (TPSA) is 26.0 Å². The minimum absolute atomic E-state index is 0.00347. The Kier molecular flexibility index (Phi) is 1.70. The molecule has 54 valence electrons. The third kappa shape index (κ3) is 1.61. The van der Waals surface area contributed by atoms with E-state index in [9.17, 15) is 8.78 Å². The van der Waals surface area contributed by atoms with E-state index in [2.05, 4.69) is 0 Å². The quantitative estimate of drug-likeness (QED) is 0.577. The number of nitrogens with two attached hydrogens (primary N) is 1. The summed E-state index contributed by atoms with van der Waals surface area (Å²) in [5, 5.41) is 0. The lowest BCUT2D eigenvalue weighted by Crippen LogP contribution is -2.14. The minimum atomic E-state index is -2.41. The molecule has 0 aromatic carbocycles. The molecule has 0 bridgehead atoms. The minimum Gasteiger partial charge on any atom is -0.330 e. The average molecular weight is 135 g/mol. The summed E-state index contributed by atoms with van der Waals surface area (Å²) in [6.45, 7) is 0.412. The van der Waals surface area contributed by atoms with E-state index in [0.29, 0.717) is 13.0 Å². The van der Waals surface area contributed by atoms with E-state index in [4.69, 9.17) is 5.73 Å². The molecule has 0 radical (unpaired) electrons. The van der Waals surface area contributed by atoms with Gasteiger partial charge in [-0.3, -0.25) is 0 Å². The van der Waals surface area contributed by atoms with Gasteiger partial charge in [0.05, 0.1) is 0 Å². The molecule has 2 N–H and O–H groups in total. The van der Waals surface area contributed by atoms with Crippen LogP contribution in [0.25, 0.3) is 0 Å². The fourth-order valence-corrected chi connectivity index (χ4v) is 1.24. The first-order chi connectivity index (χ1) is 4.14. The van der Waals surface area contributed by atoms with Crippen LogP contribution in [-0.2, 0) is 0 Å². The molecule has 0 heterocycles. The SMILES string of the molecule is NC[C@H]1CCC(F)(F)C1. The van der Waals surface area contributed by atoms with Crippen molar-refractivity contribution >= 4 is 0 Å². The molecule has 1 rings (SSSR count). The van der Waals surface area contributed by atoms with E-state index in [1.165, 1.54) is 0 Å². The van der Waals surface area contributed by atoms with Gasteiger partial charge in [-0.05, 0) is 18.9 Å². The van der Waals surface area contributed by atoms with Gasteiger partial charge < -0.3 is 5.73 Å². The Morgan fingerprint density at radius 1 is 1.56 bits per heavy atom. The normalized spacial score (nSPS) is 33.0. The van der Waals surface area contributed by atoms with E-state index >= 15 is 0 Å². The molecule has 1 aliphatic rings. The fraction of sp³-hybridized carbons (Fsp3) is 1.00. The second-order valence-electron chi connectivity index (χ2n) is 2.70. The maximum absolute atomic E-state index is 12.3. The number of rotatable bonds is 1. The summed E-state index contributed by atoms with van der Waals surface area (Å²) in [5.74, 6) is -2.34. The molecule has 0 unspecified atom stereocenters. The maximum Gasteiger partial charge on any atom is 0.248 e. The van der Waals surface area contributed by atoms with Crippen molar-refractivity contribution in [2.45, 2.75) is 25.2 Å². The standard InChI is InChI=1S/C6H11F2N/c7-6(8)2-1-5(3-6)4-9/h5H,1-4,9H2/t5-/m0/s1. The first-order valence-electron chi connectivity index (χ1n) is 3.22. The van der Waals surface area contributed by atoms with Gasteiger partial charge in [0, 0.05) is 12.8 Å². The van der Waals surface area contributed by atoms with Gasteiger partial charge in [0.2, 0.25) is 5.92 Å². The Morgan fingerprint density at radius 3 is 2.44 bits per heavy atom. The van der Waals surface area contributed by atoms with Crippen LogP contribution in [-0.4, -0.2) is 12.5 Å². The van der Waals surface area contributed by atoms with Gasteiger partial charge in [0.1, 0.15) is 0 Å². The van der Waals surface area contributed by atoms with Crippen LogP contribution in [0.3, 0.4) is 0 Å². The number of halogens is 2. The van der Waals surface area contributed by atoms with Gasteiger partial charge in [-0.1, -0.05) is 0 Å². The van der Waals surface area contributed by atoms with Crippen LogP contribution in [0.5, 0.6) is 0 Å². The highest BCUT2D eigenvalue weighted by Gasteiger charge is 2.38. The molecule has 0 aliphatic heterocycles. The smallest absolute Gasteiger partial charge is 0.248 e. The number of hydrogen-bond donors (Lipinski definition) is 1. The third-order valence-electron chi connectivity index (χ3n) is 1.84. The lowest BCUT2D eigenvalue weighted by Gasteiger charge is -2.06. The van der Waals surface area contributed by atoms with E-state index in [-0.39, 0.29) is 18.8 Å². The predicted octanol–water partition coefficient (Wildman–Crippen LogP) is 1.38. The van der Waals surface area contributed by atoms with Crippen LogP contribution in [0.1, 0.15) is 19.3 Å². The van der Waals surface area contributed by atoms with Gasteiger partial charge in [-0.15, -0.1) is 0 Å². The molecule has 0 amide bonds. The molecule has 0 saturated heterocycles. The highest BCUT2D eigenvalue weighted by atomic mass is 19.3. The molecule has 3 heteroatoms. The Bertz CT molecular complexity index is 103. The largest absolute Gasteiger partial charge is 0.330 e. The average Bonchev–Trinajstić information content (AvgIpc) is 2.10. The molecule has 1 atom stereocenters. The maximum atomic E-state index is 12.3.